The number of carboxylic acid groups (broad SMARTS) is 1. The van der Waals surface area contributed by atoms with Gasteiger partial charge in [0.2, 0.25) is 0 Å². The summed E-state index contributed by atoms with van der Waals surface area (Å²) in [4.78, 5) is 10.7. The van der Waals surface area contributed by atoms with Crippen LogP contribution in [0.2, 0.25) is 5.02 Å². The summed E-state index contributed by atoms with van der Waals surface area (Å²) in [7, 11) is 0. The molecule has 1 rings (SSSR count). The first-order chi connectivity index (χ1) is 6.60. The van der Waals surface area contributed by atoms with Crippen LogP contribution in [-0.4, -0.2) is 11.1 Å². The van der Waals surface area contributed by atoms with E-state index < -0.39 is 5.97 Å². The van der Waals surface area contributed by atoms with Crippen molar-refractivity contribution in [3.05, 3.63) is 33.8 Å². The third-order valence-corrected chi connectivity index (χ3v) is 2.64. The number of rotatable bonds is 2. The second kappa shape index (κ2) is 4.45. The molecule has 0 aliphatic heterocycles. The van der Waals surface area contributed by atoms with Gasteiger partial charge >= 0.3 is 5.97 Å². The molecule has 0 radical (unpaired) electrons. The van der Waals surface area contributed by atoms with E-state index in [0.717, 1.165) is 0 Å². The molecule has 0 aromatic heterocycles. The zero-order chi connectivity index (χ0) is 10.7. The molecule has 0 aliphatic rings. The van der Waals surface area contributed by atoms with Gasteiger partial charge in [0.1, 0.15) is 6.07 Å². The number of alkyl halides is 1. The average Bonchev–Trinajstić information content (AvgIpc) is 2.17. The van der Waals surface area contributed by atoms with Gasteiger partial charge in [-0.05, 0) is 17.7 Å². The SMILES string of the molecule is N#Cc1cc(CBr)c(Cl)cc1C(=O)O. The maximum absolute atomic E-state index is 10.7. The zero-order valence-electron chi connectivity index (χ0n) is 6.92. The van der Waals surface area contributed by atoms with Crippen LogP contribution in [0.5, 0.6) is 0 Å². The van der Waals surface area contributed by atoms with E-state index in [1.54, 1.807) is 0 Å². The fourth-order valence-corrected chi connectivity index (χ4v) is 1.85. The van der Waals surface area contributed by atoms with Gasteiger partial charge in [-0.3, -0.25) is 0 Å². The number of hydrogen-bond donors (Lipinski definition) is 1. The van der Waals surface area contributed by atoms with Gasteiger partial charge in [0.15, 0.2) is 0 Å². The highest BCUT2D eigenvalue weighted by atomic mass is 79.9. The molecule has 0 atom stereocenters. The summed E-state index contributed by atoms with van der Waals surface area (Å²) in [6.07, 6.45) is 0. The van der Waals surface area contributed by atoms with Crippen LogP contribution in [0.1, 0.15) is 21.5 Å². The number of benzene rings is 1. The lowest BCUT2D eigenvalue weighted by atomic mass is 10.1. The number of hydrogen-bond acceptors (Lipinski definition) is 2. The molecule has 0 saturated heterocycles. The third-order valence-electron chi connectivity index (χ3n) is 1.68. The quantitative estimate of drug-likeness (QED) is 0.844. The van der Waals surface area contributed by atoms with Crippen molar-refractivity contribution in [2.75, 3.05) is 0 Å². The first-order valence-corrected chi connectivity index (χ1v) is 5.12. The predicted octanol–water partition coefficient (Wildman–Crippen LogP) is 2.80. The van der Waals surface area contributed by atoms with Crippen molar-refractivity contribution in [1.82, 2.24) is 0 Å². The molecule has 5 heteroatoms. The Morgan fingerprint density at radius 3 is 2.71 bits per heavy atom. The van der Waals surface area contributed by atoms with Crippen molar-refractivity contribution in [1.29, 1.82) is 5.26 Å². The van der Waals surface area contributed by atoms with E-state index in [1.807, 2.05) is 6.07 Å². The van der Waals surface area contributed by atoms with Crippen LogP contribution in [0.3, 0.4) is 0 Å². The van der Waals surface area contributed by atoms with E-state index in [0.29, 0.717) is 15.9 Å². The summed E-state index contributed by atoms with van der Waals surface area (Å²) in [6.45, 7) is 0. The molecule has 1 aromatic rings. The van der Waals surface area contributed by atoms with Gasteiger partial charge < -0.3 is 5.11 Å². The molecule has 0 heterocycles. The van der Waals surface area contributed by atoms with E-state index >= 15 is 0 Å². The third kappa shape index (κ3) is 2.06. The highest BCUT2D eigenvalue weighted by Gasteiger charge is 2.13. The first-order valence-electron chi connectivity index (χ1n) is 3.62. The zero-order valence-corrected chi connectivity index (χ0v) is 9.26. The van der Waals surface area contributed by atoms with Crippen LogP contribution < -0.4 is 0 Å². The standard InChI is InChI=1S/C9H5BrClNO2/c10-3-5-1-6(4-12)7(9(13)14)2-8(5)11/h1-2H,3H2,(H,13,14). The Kier molecular flexibility index (Phi) is 3.50. The molecular weight excluding hydrogens is 269 g/mol. The summed E-state index contributed by atoms with van der Waals surface area (Å²) in [6, 6.07) is 4.58. The van der Waals surface area contributed by atoms with Gasteiger partial charge in [0.25, 0.3) is 0 Å². The Morgan fingerprint density at radius 2 is 2.29 bits per heavy atom. The number of aromatic carboxylic acids is 1. The molecular formula is C9H5BrClNO2. The molecule has 1 N–H and O–H groups in total. The van der Waals surface area contributed by atoms with Crippen molar-refractivity contribution >= 4 is 33.5 Å². The van der Waals surface area contributed by atoms with Gasteiger partial charge in [0, 0.05) is 10.4 Å². The largest absolute Gasteiger partial charge is 0.478 e. The number of nitrogens with zero attached hydrogens (tertiary/aromatic N) is 1. The lowest BCUT2D eigenvalue weighted by molar-refractivity contribution is 0.0696. The van der Waals surface area contributed by atoms with E-state index in [-0.39, 0.29) is 11.1 Å². The summed E-state index contributed by atoms with van der Waals surface area (Å²) < 4.78 is 0. The average molecular weight is 275 g/mol. The topological polar surface area (TPSA) is 61.1 Å². The van der Waals surface area contributed by atoms with Crippen molar-refractivity contribution in [3.63, 3.8) is 0 Å². The first kappa shape index (κ1) is 11.0. The van der Waals surface area contributed by atoms with Crippen molar-refractivity contribution in [2.24, 2.45) is 0 Å². The molecule has 0 unspecified atom stereocenters. The summed E-state index contributed by atoms with van der Waals surface area (Å²) in [5.74, 6) is -1.15. The van der Waals surface area contributed by atoms with Crippen LogP contribution >= 0.6 is 27.5 Å². The minimum absolute atomic E-state index is 0.0674. The highest BCUT2D eigenvalue weighted by Crippen LogP contribution is 2.23. The van der Waals surface area contributed by atoms with Gasteiger partial charge in [-0.25, -0.2) is 4.79 Å². The highest BCUT2D eigenvalue weighted by molar-refractivity contribution is 9.08. The number of carboxylic acids is 1. The molecule has 72 valence electrons. The maximum Gasteiger partial charge on any atom is 0.337 e. The lowest BCUT2D eigenvalue weighted by Crippen LogP contribution is -2.01. The molecule has 0 aliphatic carbocycles. The maximum atomic E-state index is 10.7. The Labute approximate surface area is 94.0 Å². The van der Waals surface area contributed by atoms with Crippen LogP contribution in [0, 0.1) is 11.3 Å². The lowest BCUT2D eigenvalue weighted by Gasteiger charge is -2.03. The Morgan fingerprint density at radius 1 is 1.64 bits per heavy atom. The van der Waals surface area contributed by atoms with Crippen LogP contribution in [-0.2, 0) is 5.33 Å². The normalized spacial score (nSPS) is 9.50. The van der Waals surface area contributed by atoms with Crippen molar-refractivity contribution in [2.45, 2.75) is 5.33 Å². The van der Waals surface area contributed by atoms with E-state index in [1.165, 1.54) is 12.1 Å². The Hall–Kier alpha value is -1.05. The number of nitriles is 1. The molecule has 0 fully saturated rings. The minimum Gasteiger partial charge on any atom is -0.478 e. The molecule has 14 heavy (non-hydrogen) atoms. The predicted molar refractivity (Wildman–Crippen MR) is 55.8 cm³/mol. The van der Waals surface area contributed by atoms with Gasteiger partial charge in [-0.2, -0.15) is 5.26 Å². The summed E-state index contributed by atoms with van der Waals surface area (Å²) in [5.41, 5.74) is 0.756. The molecule has 0 spiro atoms. The second-order valence-electron chi connectivity index (χ2n) is 2.54. The van der Waals surface area contributed by atoms with E-state index in [2.05, 4.69) is 15.9 Å². The monoisotopic (exact) mass is 273 g/mol. The van der Waals surface area contributed by atoms with Gasteiger partial charge in [-0.15, -0.1) is 0 Å². The van der Waals surface area contributed by atoms with Crippen LogP contribution in [0.25, 0.3) is 0 Å². The Balaban J connectivity index is 3.41. The van der Waals surface area contributed by atoms with Crippen LogP contribution in [0.15, 0.2) is 12.1 Å². The smallest absolute Gasteiger partial charge is 0.337 e. The second-order valence-corrected chi connectivity index (χ2v) is 3.51. The molecule has 1 aromatic carbocycles. The fourth-order valence-electron chi connectivity index (χ4n) is 0.990. The van der Waals surface area contributed by atoms with Crippen LogP contribution in [0.4, 0.5) is 0 Å². The number of halogens is 2. The van der Waals surface area contributed by atoms with E-state index in [4.69, 9.17) is 22.0 Å². The minimum atomic E-state index is -1.15. The van der Waals surface area contributed by atoms with Crippen molar-refractivity contribution in [3.8, 4) is 6.07 Å². The Bertz CT molecular complexity index is 426. The molecule has 3 nitrogen and oxygen atoms in total. The van der Waals surface area contributed by atoms with Crippen molar-refractivity contribution < 1.29 is 9.90 Å². The van der Waals surface area contributed by atoms with Gasteiger partial charge in [0.05, 0.1) is 11.1 Å². The summed E-state index contributed by atoms with van der Waals surface area (Å²) in [5, 5.41) is 18.3. The van der Waals surface area contributed by atoms with Gasteiger partial charge in [-0.1, -0.05) is 27.5 Å². The fraction of sp³-hybridized carbons (Fsp3) is 0.111. The summed E-state index contributed by atoms with van der Waals surface area (Å²) >= 11 is 8.99. The molecule has 0 bridgehead atoms. The van der Waals surface area contributed by atoms with E-state index in [9.17, 15) is 4.79 Å². The molecule has 0 amide bonds. The number of carbonyl (C=O) groups is 1. The molecule has 0 saturated carbocycles.